The van der Waals surface area contributed by atoms with Gasteiger partial charge in [0, 0.05) is 11.8 Å². The molecule has 0 saturated carbocycles. The highest BCUT2D eigenvalue weighted by molar-refractivity contribution is 7.99. The molecule has 0 spiro atoms. The van der Waals surface area contributed by atoms with Crippen LogP contribution in [0.2, 0.25) is 0 Å². The molecule has 0 fully saturated rings. The van der Waals surface area contributed by atoms with Gasteiger partial charge in [-0.3, -0.25) is 14.2 Å². The third-order valence-corrected chi connectivity index (χ3v) is 4.79. The Balaban J connectivity index is 1.79. The Hall–Kier alpha value is -3.26. The van der Waals surface area contributed by atoms with E-state index in [-0.39, 0.29) is 22.7 Å². The van der Waals surface area contributed by atoms with Crippen molar-refractivity contribution in [1.82, 2.24) is 9.55 Å². The standard InChI is InChI=1S/C20H19N3O4S/c1-13-6-8-15(9-7-13)23-19(26)11-17(24)22-20(23)28-12-18(25)21-14-4-3-5-16(10-14)27-2/h3-11,24H,12H2,1-2H3,(H,21,25). The van der Waals surface area contributed by atoms with Gasteiger partial charge in [-0.15, -0.1) is 0 Å². The summed E-state index contributed by atoms with van der Waals surface area (Å²) < 4.78 is 6.50. The van der Waals surface area contributed by atoms with Gasteiger partial charge in [-0.25, -0.2) is 0 Å². The number of rotatable bonds is 6. The highest BCUT2D eigenvalue weighted by Crippen LogP contribution is 2.22. The van der Waals surface area contributed by atoms with Gasteiger partial charge in [0.2, 0.25) is 11.8 Å². The number of hydrogen-bond donors (Lipinski definition) is 2. The average Bonchev–Trinajstić information content (AvgIpc) is 2.67. The van der Waals surface area contributed by atoms with Crippen LogP contribution >= 0.6 is 11.8 Å². The second-order valence-corrected chi connectivity index (χ2v) is 6.92. The first-order valence-electron chi connectivity index (χ1n) is 8.43. The summed E-state index contributed by atoms with van der Waals surface area (Å²) in [7, 11) is 1.55. The summed E-state index contributed by atoms with van der Waals surface area (Å²) in [5.41, 5.74) is 1.84. The summed E-state index contributed by atoms with van der Waals surface area (Å²) in [6, 6.07) is 15.4. The zero-order chi connectivity index (χ0) is 20.1. The molecule has 144 valence electrons. The molecular formula is C20H19N3O4S. The molecule has 3 rings (SSSR count). The Morgan fingerprint density at radius 2 is 1.96 bits per heavy atom. The number of carbonyl (C=O) groups excluding carboxylic acids is 1. The van der Waals surface area contributed by atoms with Crippen molar-refractivity contribution in [3.05, 3.63) is 70.5 Å². The van der Waals surface area contributed by atoms with Crippen molar-refractivity contribution in [2.45, 2.75) is 12.1 Å². The number of anilines is 1. The summed E-state index contributed by atoms with van der Waals surface area (Å²) in [5.74, 6) is -0.0115. The normalized spacial score (nSPS) is 10.5. The summed E-state index contributed by atoms with van der Waals surface area (Å²) in [5, 5.41) is 12.7. The third kappa shape index (κ3) is 4.72. The number of methoxy groups -OCH3 is 1. The largest absolute Gasteiger partial charge is 0.497 e. The van der Waals surface area contributed by atoms with Crippen molar-refractivity contribution in [2.24, 2.45) is 0 Å². The van der Waals surface area contributed by atoms with Crippen LogP contribution in [-0.4, -0.2) is 33.4 Å². The van der Waals surface area contributed by atoms with Crippen molar-refractivity contribution in [2.75, 3.05) is 18.2 Å². The maximum Gasteiger partial charge on any atom is 0.262 e. The van der Waals surface area contributed by atoms with Gasteiger partial charge >= 0.3 is 0 Å². The van der Waals surface area contributed by atoms with Gasteiger partial charge in [-0.2, -0.15) is 4.98 Å². The molecule has 0 aliphatic rings. The Morgan fingerprint density at radius 1 is 1.21 bits per heavy atom. The van der Waals surface area contributed by atoms with Crippen LogP contribution in [0.3, 0.4) is 0 Å². The van der Waals surface area contributed by atoms with Crippen LogP contribution in [0, 0.1) is 6.92 Å². The lowest BCUT2D eigenvalue weighted by Crippen LogP contribution is -2.21. The van der Waals surface area contributed by atoms with Gasteiger partial charge in [0.05, 0.1) is 24.6 Å². The molecule has 1 amide bonds. The van der Waals surface area contributed by atoms with Crippen molar-refractivity contribution in [3.63, 3.8) is 0 Å². The van der Waals surface area contributed by atoms with E-state index < -0.39 is 5.56 Å². The Bertz CT molecular complexity index is 1050. The van der Waals surface area contributed by atoms with Crippen LogP contribution in [0.1, 0.15) is 5.56 Å². The van der Waals surface area contributed by atoms with E-state index in [0.717, 1.165) is 23.4 Å². The van der Waals surface area contributed by atoms with Gasteiger partial charge < -0.3 is 15.2 Å². The molecule has 3 aromatic rings. The maximum absolute atomic E-state index is 12.4. The van der Waals surface area contributed by atoms with E-state index in [1.165, 1.54) is 4.57 Å². The number of aryl methyl sites for hydroxylation is 1. The fraction of sp³-hybridized carbons (Fsp3) is 0.150. The molecule has 0 bridgehead atoms. The molecule has 2 N–H and O–H groups in total. The van der Waals surface area contributed by atoms with Crippen LogP contribution in [0.5, 0.6) is 11.6 Å². The number of ether oxygens (including phenoxy) is 1. The monoisotopic (exact) mass is 397 g/mol. The summed E-state index contributed by atoms with van der Waals surface area (Å²) in [6.07, 6.45) is 0. The van der Waals surface area contributed by atoms with Gasteiger partial charge in [0.15, 0.2) is 5.16 Å². The molecule has 8 heteroatoms. The second kappa shape index (κ2) is 8.62. The molecule has 0 radical (unpaired) electrons. The van der Waals surface area contributed by atoms with E-state index in [2.05, 4.69) is 10.3 Å². The average molecular weight is 397 g/mol. The zero-order valence-electron chi connectivity index (χ0n) is 15.4. The number of thioether (sulfide) groups is 1. The van der Waals surface area contributed by atoms with Crippen molar-refractivity contribution in [1.29, 1.82) is 0 Å². The molecule has 0 atom stereocenters. The quantitative estimate of drug-likeness (QED) is 0.491. The first-order chi connectivity index (χ1) is 13.5. The van der Waals surface area contributed by atoms with Gasteiger partial charge in [0.25, 0.3) is 5.56 Å². The Labute approximate surface area is 166 Å². The van der Waals surface area contributed by atoms with E-state index in [0.29, 0.717) is 17.1 Å². The van der Waals surface area contributed by atoms with E-state index >= 15 is 0 Å². The molecule has 0 aliphatic heterocycles. The predicted molar refractivity (Wildman–Crippen MR) is 109 cm³/mol. The SMILES string of the molecule is COc1cccc(NC(=O)CSc2nc(O)cc(=O)n2-c2ccc(C)cc2)c1. The number of nitrogens with zero attached hydrogens (tertiary/aromatic N) is 2. The molecule has 1 heterocycles. The highest BCUT2D eigenvalue weighted by Gasteiger charge is 2.13. The van der Waals surface area contributed by atoms with Crippen molar-refractivity contribution < 1.29 is 14.6 Å². The minimum Gasteiger partial charge on any atom is -0.497 e. The third-order valence-electron chi connectivity index (χ3n) is 3.85. The van der Waals surface area contributed by atoms with Crippen LogP contribution < -0.4 is 15.6 Å². The molecule has 1 aromatic heterocycles. The Morgan fingerprint density at radius 3 is 2.68 bits per heavy atom. The van der Waals surface area contributed by atoms with Gasteiger partial charge in [-0.05, 0) is 31.2 Å². The van der Waals surface area contributed by atoms with Gasteiger partial charge in [-0.1, -0.05) is 35.5 Å². The number of aromatic hydroxyl groups is 1. The minimum absolute atomic E-state index is 0.0129. The lowest BCUT2D eigenvalue weighted by Gasteiger charge is -2.12. The van der Waals surface area contributed by atoms with E-state index in [1.807, 2.05) is 19.1 Å². The first kappa shape index (κ1) is 19.5. The predicted octanol–water partition coefficient (Wildman–Crippen LogP) is 2.99. The lowest BCUT2D eigenvalue weighted by molar-refractivity contribution is -0.113. The Kier molecular flexibility index (Phi) is 6.00. The summed E-state index contributed by atoms with van der Waals surface area (Å²) >= 11 is 1.06. The lowest BCUT2D eigenvalue weighted by atomic mass is 10.2. The van der Waals surface area contributed by atoms with Crippen molar-refractivity contribution >= 4 is 23.4 Å². The fourth-order valence-electron chi connectivity index (χ4n) is 2.51. The minimum atomic E-state index is -0.424. The van der Waals surface area contributed by atoms with E-state index in [4.69, 9.17) is 4.74 Å². The zero-order valence-corrected chi connectivity index (χ0v) is 16.2. The molecule has 0 saturated heterocycles. The second-order valence-electron chi connectivity index (χ2n) is 5.97. The molecule has 28 heavy (non-hydrogen) atoms. The van der Waals surface area contributed by atoms with Crippen LogP contribution in [0.15, 0.2) is 64.5 Å². The molecule has 0 unspecified atom stereocenters. The summed E-state index contributed by atoms with van der Waals surface area (Å²) in [4.78, 5) is 28.7. The number of carbonyl (C=O) groups is 1. The van der Waals surface area contributed by atoms with Gasteiger partial charge in [0.1, 0.15) is 5.75 Å². The number of aromatic nitrogens is 2. The van der Waals surface area contributed by atoms with Crippen LogP contribution in [-0.2, 0) is 4.79 Å². The summed E-state index contributed by atoms with van der Waals surface area (Å²) in [6.45, 7) is 1.94. The maximum atomic E-state index is 12.4. The molecule has 7 nitrogen and oxygen atoms in total. The topological polar surface area (TPSA) is 93.5 Å². The number of amides is 1. The van der Waals surface area contributed by atoms with Crippen LogP contribution in [0.4, 0.5) is 5.69 Å². The number of benzene rings is 2. The molecule has 2 aromatic carbocycles. The highest BCUT2D eigenvalue weighted by atomic mass is 32.2. The molecule has 0 aliphatic carbocycles. The number of nitrogens with one attached hydrogen (secondary N) is 1. The first-order valence-corrected chi connectivity index (χ1v) is 9.41. The van der Waals surface area contributed by atoms with Crippen molar-refractivity contribution in [3.8, 4) is 17.3 Å². The van der Waals surface area contributed by atoms with Crippen LogP contribution in [0.25, 0.3) is 5.69 Å². The van der Waals surface area contributed by atoms with E-state index in [9.17, 15) is 14.7 Å². The number of hydrogen-bond acceptors (Lipinski definition) is 6. The fourth-order valence-corrected chi connectivity index (χ4v) is 3.32. The molecular weight excluding hydrogens is 378 g/mol. The van der Waals surface area contributed by atoms with E-state index in [1.54, 1.807) is 43.5 Å². The smallest absolute Gasteiger partial charge is 0.262 e.